The van der Waals surface area contributed by atoms with E-state index in [2.05, 4.69) is 43.6 Å². The molecule has 1 aliphatic heterocycles. The molecule has 0 saturated carbocycles. The van der Waals surface area contributed by atoms with Crippen molar-refractivity contribution < 1.29 is 14.3 Å². The molecule has 0 saturated heterocycles. The predicted molar refractivity (Wildman–Crippen MR) is 94.1 cm³/mol. The Balaban J connectivity index is 2.55. The van der Waals surface area contributed by atoms with Gasteiger partial charge in [-0.25, -0.2) is 0 Å². The summed E-state index contributed by atoms with van der Waals surface area (Å²) in [7, 11) is 0. The summed E-state index contributed by atoms with van der Waals surface area (Å²) in [6.07, 6.45) is 0.200. The van der Waals surface area contributed by atoms with Gasteiger partial charge in [-0.2, -0.15) is 12.6 Å². The van der Waals surface area contributed by atoms with Gasteiger partial charge in [0.25, 0.3) is 0 Å². The molecule has 1 amide bonds. The Hall–Kier alpha value is -1.53. The summed E-state index contributed by atoms with van der Waals surface area (Å²) in [6.45, 7) is 9.56. The van der Waals surface area contributed by atoms with Gasteiger partial charge in [0, 0.05) is 35.0 Å². The number of nitrogens with one attached hydrogen (secondary N) is 1. The number of nitrogens with zero attached hydrogens (tertiary/aromatic N) is 1. The van der Waals surface area contributed by atoms with Crippen molar-refractivity contribution in [3.63, 3.8) is 0 Å². The minimum Gasteiger partial charge on any atom is -0.426 e. The minimum atomic E-state index is -0.287. The molecule has 6 heteroatoms. The Labute approximate surface area is 142 Å². The van der Waals surface area contributed by atoms with Crippen LogP contribution in [0.25, 0.3) is 0 Å². The number of esters is 1. The third kappa shape index (κ3) is 3.70. The summed E-state index contributed by atoms with van der Waals surface area (Å²) >= 11 is 4.54. The topological polar surface area (TPSA) is 58.6 Å². The van der Waals surface area contributed by atoms with E-state index in [0.29, 0.717) is 11.4 Å². The fourth-order valence-corrected chi connectivity index (χ4v) is 3.48. The predicted octanol–water partition coefficient (Wildman–Crippen LogP) is 3.33. The highest BCUT2D eigenvalue weighted by Gasteiger charge is 2.32. The van der Waals surface area contributed by atoms with Crippen molar-refractivity contribution in [2.75, 3.05) is 18.4 Å². The molecule has 2 unspecified atom stereocenters. The van der Waals surface area contributed by atoms with Gasteiger partial charge in [-0.15, -0.1) is 0 Å². The Kier molecular flexibility index (Phi) is 5.70. The molecular formula is C17H24N2O3S. The van der Waals surface area contributed by atoms with Gasteiger partial charge in [0.05, 0.1) is 6.42 Å². The Morgan fingerprint density at radius 1 is 1.43 bits per heavy atom. The van der Waals surface area contributed by atoms with E-state index in [4.69, 9.17) is 4.74 Å². The molecule has 1 aromatic carbocycles. The van der Waals surface area contributed by atoms with Gasteiger partial charge in [-0.3, -0.25) is 14.5 Å². The van der Waals surface area contributed by atoms with Crippen molar-refractivity contribution in [2.45, 2.75) is 45.4 Å². The second-order valence-corrected chi connectivity index (χ2v) is 6.34. The molecule has 0 fully saturated rings. The van der Waals surface area contributed by atoms with Crippen LogP contribution in [0.4, 0.5) is 5.69 Å². The molecule has 0 radical (unpaired) electrons. The normalized spacial score (nSPS) is 18.3. The van der Waals surface area contributed by atoms with Gasteiger partial charge in [-0.05, 0) is 26.1 Å². The molecule has 2 atom stereocenters. The first-order valence-electron chi connectivity index (χ1n) is 7.96. The second-order valence-electron chi connectivity index (χ2n) is 5.72. The molecule has 1 aromatic rings. The summed E-state index contributed by atoms with van der Waals surface area (Å²) in [5.74, 6) is 0.103. The smallest absolute Gasteiger partial charge is 0.312 e. The molecule has 5 nitrogen and oxygen atoms in total. The highest BCUT2D eigenvalue weighted by atomic mass is 32.1. The molecule has 2 rings (SSSR count). The lowest BCUT2D eigenvalue weighted by Gasteiger charge is -2.32. The SMILES string of the molecule is CCN(CC)C(C)c1ccc(NC(C)=O)c2c1OC(=O)CC2S. The Bertz CT molecular complexity index is 614. The standard InChI is InChI=1S/C17H24N2O3S/c1-5-19(6-2)10(3)12-7-8-13(18-11(4)20)16-14(23)9-15(21)22-17(12)16/h7-8,10,14,23H,5-6,9H2,1-4H3,(H,18,20). The largest absolute Gasteiger partial charge is 0.426 e. The number of carbonyl (C=O) groups excluding carboxylic acids is 2. The van der Waals surface area contributed by atoms with Crippen molar-refractivity contribution in [3.05, 3.63) is 23.3 Å². The van der Waals surface area contributed by atoms with E-state index < -0.39 is 0 Å². The van der Waals surface area contributed by atoms with Crippen LogP contribution < -0.4 is 10.1 Å². The van der Waals surface area contributed by atoms with Crippen LogP contribution in [0.3, 0.4) is 0 Å². The van der Waals surface area contributed by atoms with Gasteiger partial charge < -0.3 is 10.1 Å². The third-order valence-electron chi connectivity index (χ3n) is 4.26. The number of ether oxygens (including phenoxy) is 1. The highest BCUT2D eigenvalue weighted by Crippen LogP contribution is 2.46. The first-order valence-corrected chi connectivity index (χ1v) is 8.47. The molecule has 0 aliphatic carbocycles. The van der Waals surface area contributed by atoms with Crippen molar-refractivity contribution in [1.82, 2.24) is 4.90 Å². The van der Waals surface area contributed by atoms with Gasteiger partial charge in [-0.1, -0.05) is 19.9 Å². The summed E-state index contributed by atoms with van der Waals surface area (Å²) in [4.78, 5) is 25.6. The van der Waals surface area contributed by atoms with Crippen molar-refractivity contribution in [3.8, 4) is 5.75 Å². The molecule has 1 N–H and O–H groups in total. The van der Waals surface area contributed by atoms with Gasteiger partial charge in [0.2, 0.25) is 5.91 Å². The lowest BCUT2D eigenvalue weighted by atomic mass is 9.95. The summed E-state index contributed by atoms with van der Waals surface area (Å²) in [6, 6.07) is 3.90. The van der Waals surface area contributed by atoms with Crippen LogP contribution in [-0.4, -0.2) is 29.9 Å². The van der Waals surface area contributed by atoms with E-state index in [1.165, 1.54) is 6.92 Å². The minimum absolute atomic E-state index is 0.108. The zero-order chi connectivity index (χ0) is 17.1. The van der Waals surface area contributed by atoms with E-state index in [9.17, 15) is 9.59 Å². The van der Waals surface area contributed by atoms with Crippen molar-refractivity contribution >= 4 is 30.2 Å². The number of hydrogen-bond donors (Lipinski definition) is 2. The molecule has 0 spiro atoms. The Morgan fingerprint density at radius 3 is 2.65 bits per heavy atom. The summed E-state index contributed by atoms with van der Waals surface area (Å²) in [5, 5.41) is 2.53. The zero-order valence-corrected chi connectivity index (χ0v) is 14.9. The van der Waals surface area contributed by atoms with E-state index in [0.717, 1.165) is 24.2 Å². The number of anilines is 1. The number of hydrogen-bond acceptors (Lipinski definition) is 5. The van der Waals surface area contributed by atoms with E-state index in [-0.39, 0.29) is 29.6 Å². The van der Waals surface area contributed by atoms with Crippen LogP contribution in [0.15, 0.2) is 12.1 Å². The number of rotatable bonds is 5. The first kappa shape index (κ1) is 17.8. The maximum Gasteiger partial charge on any atom is 0.312 e. The maximum atomic E-state index is 11.9. The quantitative estimate of drug-likeness (QED) is 0.492. The van der Waals surface area contributed by atoms with Crippen LogP contribution in [0.1, 0.15) is 56.5 Å². The number of fused-ring (bicyclic) bond motifs is 1. The average molecular weight is 336 g/mol. The molecule has 1 heterocycles. The van der Waals surface area contributed by atoms with Crippen molar-refractivity contribution in [2.24, 2.45) is 0 Å². The monoisotopic (exact) mass is 336 g/mol. The second kappa shape index (κ2) is 7.36. The van der Waals surface area contributed by atoms with Crippen LogP contribution >= 0.6 is 12.6 Å². The molecular weight excluding hydrogens is 312 g/mol. The average Bonchev–Trinajstić information content (AvgIpc) is 2.47. The fourth-order valence-electron chi connectivity index (χ4n) is 3.07. The number of carbonyl (C=O) groups is 2. The summed E-state index contributed by atoms with van der Waals surface area (Å²) < 4.78 is 5.55. The Morgan fingerprint density at radius 2 is 2.09 bits per heavy atom. The van der Waals surface area contributed by atoms with E-state index in [1.54, 1.807) is 0 Å². The van der Waals surface area contributed by atoms with Crippen LogP contribution in [0.5, 0.6) is 5.75 Å². The van der Waals surface area contributed by atoms with Gasteiger partial charge in [0.1, 0.15) is 5.75 Å². The van der Waals surface area contributed by atoms with Crippen molar-refractivity contribution in [1.29, 1.82) is 0 Å². The molecule has 23 heavy (non-hydrogen) atoms. The third-order valence-corrected chi connectivity index (χ3v) is 4.70. The lowest BCUT2D eigenvalue weighted by Crippen LogP contribution is -2.28. The zero-order valence-electron chi connectivity index (χ0n) is 14.0. The van der Waals surface area contributed by atoms with E-state index in [1.807, 2.05) is 12.1 Å². The van der Waals surface area contributed by atoms with Crippen LogP contribution in [-0.2, 0) is 9.59 Å². The first-order chi connectivity index (χ1) is 10.9. The maximum absolute atomic E-state index is 11.9. The number of benzene rings is 1. The van der Waals surface area contributed by atoms with Gasteiger partial charge in [0.15, 0.2) is 0 Å². The summed E-state index contributed by atoms with van der Waals surface area (Å²) in [5.41, 5.74) is 2.40. The molecule has 0 aromatic heterocycles. The fraction of sp³-hybridized carbons (Fsp3) is 0.529. The molecule has 0 bridgehead atoms. The van der Waals surface area contributed by atoms with Crippen LogP contribution in [0.2, 0.25) is 0 Å². The number of amides is 1. The molecule has 1 aliphatic rings. The van der Waals surface area contributed by atoms with Gasteiger partial charge >= 0.3 is 5.97 Å². The highest BCUT2D eigenvalue weighted by molar-refractivity contribution is 7.80. The molecule has 126 valence electrons. The number of thiol groups is 1. The lowest BCUT2D eigenvalue weighted by molar-refractivity contribution is -0.135. The van der Waals surface area contributed by atoms with E-state index >= 15 is 0 Å². The van der Waals surface area contributed by atoms with Crippen LogP contribution in [0, 0.1) is 0 Å².